The average Bonchev–Trinajstić information content (AvgIpc) is 2.58. The Morgan fingerprint density at radius 2 is 2.31 bits per heavy atom. The topological polar surface area (TPSA) is 43.8 Å². The fraction of sp³-hybridized carbons (Fsp3) is 0.769. The van der Waals surface area contributed by atoms with Gasteiger partial charge in [-0.2, -0.15) is 0 Å². The van der Waals surface area contributed by atoms with Crippen LogP contribution in [0.1, 0.15) is 69.9 Å². The molecule has 1 aliphatic rings. The molecule has 1 aromatic heterocycles. The number of anilines is 1. The van der Waals surface area contributed by atoms with Crippen LogP contribution < -0.4 is 5.73 Å². The summed E-state index contributed by atoms with van der Waals surface area (Å²) >= 11 is 0. The highest BCUT2D eigenvalue weighted by Crippen LogP contribution is 2.33. The minimum atomic E-state index is 0.496. The van der Waals surface area contributed by atoms with Gasteiger partial charge in [-0.15, -0.1) is 0 Å². The predicted molar refractivity (Wildman–Crippen MR) is 67.6 cm³/mol. The van der Waals surface area contributed by atoms with Gasteiger partial charge in [0.2, 0.25) is 0 Å². The van der Waals surface area contributed by atoms with E-state index in [1.165, 1.54) is 31.5 Å². The minimum absolute atomic E-state index is 0.496. The number of fused-ring (bicyclic) bond motifs is 1. The maximum absolute atomic E-state index is 6.25. The normalized spacial score (nSPS) is 21.8. The number of nitrogens with zero attached hydrogens (tertiary/aromatic N) is 2. The number of hydrogen-bond acceptors (Lipinski definition) is 2. The number of imidazole rings is 1. The molecule has 0 saturated carbocycles. The van der Waals surface area contributed by atoms with Crippen molar-refractivity contribution >= 4 is 5.82 Å². The van der Waals surface area contributed by atoms with Crippen molar-refractivity contribution in [2.75, 3.05) is 5.73 Å². The molecule has 2 heterocycles. The highest BCUT2D eigenvalue weighted by molar-refractivity contribution is 5.41. The van der Waals surface area contributed by atoms with Crippen LogP contribution in [-0.2, 0) is 6.42 Å². The molecule has 0 radical (unpaired) electrons. The molecule has 0 fully saturated rings. The van der Waals surface area contributed by atoms with E-state index in [9.17, 15) is 0 Å². The molecule has 3 nitrogen and oxygen atoms in total. The summed E-state index contributed by atoms with van der Waals surface area (Å²) in [5.74, 6) is 2.62. The lowest BCUT2D eigenvalue weighted by Crippen LogP contribution is -2.17. The zero-order chi connectivity index (χ0) is 11.7. The second-order valence-electron chi connectivity index (χ2n) is 5.10. The van der Waals surface area contributed by atoms with Crippen molar-refractivity contribution in [3.8, 4) is 0 Å². The fourth-order valence-corrected chi connectivity index (χ4v) is 2.80. The van der Waals surface area contributed by atoms with E-state index in [0.29, 0.717) is 12.0 Å². The van der Waals surface area contributed by atoms with E-state index >= 15 is 0 Å². The predicted octanol–water partition coefficient (Wildman–Crippen LogP) is 3.27. The van der Waals surface area contributed by atoms with Gasteiger partial charge in [-0.1, -0.05) is 20.3 Å². The molecule has 1 aliphatic heterocycles. The lowest BCUT2D eigenvalue weighted by atomic mass is 10.0. The smallest absolute Gasteiger partial charge is 0.127 e. The molecule has 3 heteroatoms. The van der Waals surface area contributed by atoms with E-state index in [2.05, 4.69) is 25.3 Å². The molecule has 2 rings (SSSR count). The van der Waals surface area contributed by atoms with Crippen molar-refractivity contribution in [1.82, 2.24) is 9.55 Å². The van der Waals surface area contributed by atoms with Crippen molar-refractivity contribution in [2.45, 2.75) is 64.8 Å². The van der Waals surface area contributed by atoms with Gasteiger partial charge >= 0.3 is 0 Å². The third kappa shape index (κ3) is 1.83. The Kier molecular flexibility index (Phi) is 3.22. The van der Waals surface area contributed by atoms with E-state index in [1.807, 2.05) is 0 Å². The molecule has 90 valence electrons. The molecule has 2 unspecified atom stereocenters. The Balaban J connectivity index is 2.34. The van der Waals surface area contributed by atoms with Crippen LogP contribution in [0.15, 0.2) is 0 Å². The van der Waals surface area contributed by atoms with Gasteiger partial charge in [0.1, 0.15) is 11.6 Å². The van der Waals surface area contributed by atoms with Crippen molar-refractivity contribution in [2.24, 2.45) is 0 Å². The molecule has 0 aromatic carbocycles. The highest BCUT2D eigenvalue weighted by Gasteiger charge is 2.24. The summed E-state index contributed by atoms with van der Waals surface area (Å²) in [6, 6.07) is 0.527. The van der Waals surface area contributed by atoms with Crippen LogP contribution >= 0.6 is 0 Å². The third-order valence-electron chi connectivity index (χ3n) is 3.70. The van der Waals surface area contributed by atoms with Gasteiger partial charge in [0.25, 0.3) is 0 Å². The largest absolute Gasteiger partial charge is 0.384 e. The molecule has 0 saturated heterocycles. The van der Waals surface area contributed by atoms with E-state index in [-0.39, 0.29) is 0 Å². The lowest BCUT2D eigenvalue weighted by molar-refractivity contribution is 0.430. The van der Waals surface area contributed by atoms with Gasteiger partial charge in [-0.3, -0.25) is 0 Å². The van der Waals surface area contributed by atoms with Gasteiger partial charge in [0.05, 0.1) is 5.69 Å². The average molecular weight is 221 g/mol. The van der Waals surface area contributed by atoms with Gasteiger partial charge < -0.3 is 10.3 Å². The first-order valence-corrected chi connectivity index (χ1v) is 6.51. The maximum atomic E-state index is 6.25. The number of nitrogens with two attached hydrogens (primary N) is 1. The number of aromatic nitrogens is 2. The second kappa shape index (κ2) is 4.48. The van der Waals surface area contributed by atoms with Crippen LogP contribution in [0.25, 0.3) is 0 Å². The van der Waals surface area contributed by atoms with Crippen LogP contribution in [0.3, 0.4) is 0 Å². The molecular formula is C13H23N3. The maximum Gasteiger partial charge on any atom is 0.127 e. The molecule has 1 aromatic rings. The summed E-state index contributed by atoms with van der Waals surface area (Å²) in [6.07, 6.45) is 5.94. The molecule has 0 bridgehead atoms. The van der Waals surface area contributed by atoms with Gasteiger partial charge in [0.15, 0.2) is 0 Å². The second-order valence-corrected chi connectivity index (χ2v) is 5.10. The SMILES string of the molecule is CCCC(C)c1nc2n(c1N)C(C)CCC2. The van der Waals surface area contributed by atoms with E-state index in [0.717, 1.165) is 17.9 Å². The summed E-state index contributed by atoms with van der Waals surface area (Å²) in [7, 11) is 0. The molecule has 2 atom stereocenters. The van der Waals surface area contributed by atoms with Gasteiger partial charge in [-0.05, 0) is 26.2 Å². The van der Waals surface area contributed by atoms with E-state index in [1.54, 1.807) is 0 Å². The molecule has 16 heavy (non-hydrogen) atoms. The zero-order valence-corrected chi connectivity index (χ0v) is 10.7. The van der Waals surface area contributed by atoms with Crippen LogP contribution in [0.5, 0.6) is 0 Å². The van der Waals surface area contributed by atoms with Gasteiger partial charge in [0, 0.05) is 18.4 Å². The van der Waals surface area contributed by atoms with Crippen LogP contribution in [-0.4, -0.2) is 9.55 Å². The third-order valence-corrected chi connectivity index (χ3v) is 3.70. The quantitative estimate of drug-likeness (QED) is 0.851. The summed E-state index contributed by atoms with van der Waals surface area (Å²) in [6.45, 7) is 6.69. The van der Waals surface area contributed by atoms with E-state index < -0.39 is 0 Å². The zero-order valence-electron chi connectivity index (χ0n) is 10.7. The summed E-state index contributed by atoms with van der Waals surface area (Å²) in [5.41, 5.74) is 7.38. The number of rotatable bonds is 3. The van der Waals surface area contributed by atoms with E-state index in [4.69, 9.17) is 10.7 Å². The van der Waals surface area contributed by atoms with Crippen LogP contribution in [0.2, 0.25) is 0 Å². The number of aryl methyl sites for hydroxylation is 1. The first-order chi connectivity index (χ1) is 7.65. The Hall–Kier alpha value is -0.990. The van der Waals surface area contributed by atoms with Gasteiger partial charge in [-0.25, -0.2) is 4.98 Å². The first-order valence-electron chi connectivity index (χ1n) is 6.51. The standard InChI is InChI=1S/C13H23N3/c1-4-6-9(2)12-13(14)16-10(3)7-5-8-11(16)15-12/h9-10H,4-8,14H2,1-3H3. The highest BCUT2D eigenvalue weighted by atomic mass is 15.2. The Bertz CT molecular complexity index is 367. The monoisotopic (exact) mass is 221 g/mol. The summed E-state index contributed by atoms with van der Waals surface area (Å²) in [4.78, 5) is 4.76. The van der Waals surface area contributed by atoms with Crippen molar-refractivity contribution in [1.29, 1.82) is 0 Å². The number of nitrogen functional groups attached to an aromatic ring is 1. The molecule has 0 aliphatic carbocycles. The van der Waals surface area contributed by atoms with Crippen molar-refractivity contribution in [3.63, 3.8) is 0 Å². The van der Waals surface area contributed by atoms with Crippen LogP contribution in [0, 0.1) is 0 Å². The fourth-order valence-electron chi connectivity index (χ4n) is 2.80. The Labute approximate surface area is 98.1 Å². The van der Waals surface area contributed by atoms with Crippen LogP contribution in [0.4, 0.5) is 5.82 Å². The Morgan fingerprint density at radius 3 is 2.94 bits per heavy atom. The molecule has 2 N–H and O–H groups in total. The number of hydrogen-bond donors (Lipinski definition) is 1. The minimum Gasteiger partial charge on any atom is -0.384 e. The Morgan fingerprint density at radius 1 is 1.56 bits per heavy atom. The summed E-state index contributed by atoms with van der Waals surface area (Å²) in [5, 5.41) is 0. The molecule has 0 spiro atoms. The van der Waals surface area contributed by atoms with Crippen molar-refractivity contribution < 1.29 is 0 Å². The lowest BCUT2D eigenvalue weighted by Gasteiger charge is -2.22. The van der Waals surface area contributed by atoms with Crippen molar-refractivity contribution in [3.05, 3.63) is 11.5 Å². The summed E-state index contributed by atoms with van der Waals surface area (Å²) < 4.78 is 2.25. The molecule has 0 amide bonds. The first kappa shape index (κ1) is 11.5. The molecular weight excluding hydrogens is 198 g/mol.